The van der Waals surface area contributed by atoms with Crippen molar-refractivity contribution in [3.8, 4) is 11.4 Å². The van der Waals surface area contributed by atoms with Gasteiger partial charge in [0.05, 0.1) is 45.4 Å². The molecule has 4 rings (SSSR count). The van der Waals surface area contributed by atoms with Gasteiger partial charge in [-0.15, -0.1) is 0 Å². The lowest BCUT2D eigenvalue weighted by molar-refractivity contribution is -0.158. The molecule has 1 atom stereocenters. The Bertz CT molecular complexity index is 1670. The molecule has 1 saturated heterocycles. The van der Waals surface area contributed by atoms with Crippen LogP contribution in [0.5, 0.6) is 5.75 Å². The third-order valence-corrected chi connectivity index (χ3v) is 9.40. The summed E-state index contributed by atoms with van der Waals surface area (Å²) in [7, 11) is -3.20. The maximum atomic E-state index is 15.5. The number of hydrogen-bond acceptors (Lipinski definition) is 6. The first-order valence-electron chi connectivity index (χ1n) is 13.0. The summed E-state index contributed by atoms with van der Waals surface area (Å²) in [6.45, 7) is 6.61. The van der Waals surface area contributed by atoms with Gasteiger partial charge in [0.2, 0.25) is 0 Å². The summed E-state index contributed by atoms with van der Waals surface area (Å²) in [6, 6.07) is 3.72. The number of ether oxygens (including phenoxy) is 1. The fourth-order valence-corrected chi connectivity index (χ4v) is 6.81. The number of ketones is 1. The van der Waals surface area contributed by atoms with Crippen molar-refractivity contribution in [1.29, 1.82) is 0 Å². The molecule has 0 amide bonds. The van der Waals surface area contributed by atoms with Gasteiger partial charge in [-0.25, -0.2) is 22.0 Å². The number of carbonyl (C=O) groups is 1. The van der Waals surface area contributed by atoms with Crippen molar-refractivity contribution in [2.45, 2.75) is 71.6 Å². The summed E-state index contributed by atoms with van der Waals surface area (Å²) in [4.78, 5) is 27.1. The number of hydrogen-bond donors (Lipinski definition) is 1. The number of Topliss-reactive ketones (excluding diaryl/α,β-unsaturated/α-hetero) is 1. The van der Waals surface area contributed by atoms with Crippen LogP contribution in [-0.4, -0.2) is 51.7 Å². The van der Waals surface area contributed by atoms with Gasteiger partial charge in [0.25, 0.3) is 0 Å². The smallest absolute Gasteiger partial charge is 0.394 e. The van der Waals surface area contributed by atoms with Crippen LogP contribution >= 0.6 is 0 Å². The van der Waals surface area contributed by atoms with Crippen LogP contribution in [0.4, 0.5) is 17.6 Å². The van der Waals surface area contributed by atoms with Crippen molar-refractivity contribution in [3.05, 3.63) is 58.0 Å². The Hall–Kier alpha value is -3.19. The molecule has 8 nitrogen and oxygen atoms in total. The molecule has 1 aromatic heterocycles. The minimum atomic E-state index is -3.61. The highest BCUT2D eigenvalue weighted by molar-refractivity contribution is 7.91. The highest BCUT2D eigenvalue weighted by Gasteiger charge is 2.37. The number of aromatic nitrogens is 2. The summed E-state index contributed by atoms with van der Waals surface area (Å²) < 4.78 is 87.7. The van der Waals surface area contributed by atoms with Crippen LogP contribution in [0.15, 0.2) is 35.1 Å². The number of carbonyl (C=O) groups excluding carboxylic acids is 1. The molecule has 0 aliphatic carbocycles. The first kappa shape index (κ1) is 30.8. The molecule has 0 saturated carbocycles. The molecule has 3 aromatic rings. The number of nitrogens with zero attached hydrogens (tertiary/aromatic N) is 2. The summed E-state index contributed by atoms with van der Waals surface area (Å²) in [6.07, 6.45) is -3.29. The number of aliphatic hydroxyl groups is 1. The van der Waals surface area contributed by atoms with Crippen LogP contribution in [0.1, 0.15) is 70.3 Å². The van der Waals surface area contributed by atoms with E-state index in [0.29, 0.717) is 6.92 Å². The fourth-order valence-electron chi connectivity index (χ4n) is 5.00. The molecule has 1 fully saturated rings. The Balaban J connectivity index is 1.90. The Kier molecular flexibility index (Phi) is 7.70. The van der Waals surface area contributed by atoms with Crippen LogP contribution in [0.3, 0.4) is 0 Å². The molecule has 41 heavy (non-hydrogen) atoms. The first-order chi connectivity index (χ1) is 18.7. The van der Waals surface area contributed by atoms with Crippen molar-refractivity contribution in [2.24, 2.45) is 5.41 Å². The van der Waals surface area contributed by atoms with Crippen molar-refractivity contribution in [3.63, 3.8) is 0 Å². The van der Waals surface area contributed by atoms with Crippen LogP contribution in [0, 0.1) is 17.0 Å². The standard InChI is InChI=1S/C28H32F4N2O6S/c1-16(26(2,3)37)33-22-13-18(24(35)15-27(4)8-10-41(38,39)11-9-27)20(30)14-23(22)34(25(33)36)21-12-17(6-7-19(21)29)40-28(5,31)32/h6-7,12-14,16,37H,8-11,15H2,1-5H3/t16-/m0/s1. The van der Waals surface area contributed by atoms with E-state index in [2.05, 4.69) is 4.74 Å². The zero-order valence-corrected chi connectivity index (χ0v) is 24.1. The minimum absolute atomic E-state index is 0.00251. The number of halogens is 4. The van der Waals surface area contributed by atoms with Gasteiger partial charge >= 0.3 is 11.8 Å². The molecule has 0 radical (unpaired) electrons. The lowest BCUT2D eigenvalue weighted by Crippen LogP contribution is -2.37. The van der Waals surface area contributed by atoms with Gasteiger partial charge in [-0.05, 0) is 57.2 Å². The van der Waals surface area contributed by atoms with Gasteiger partial charge < -0.3 is 9.84 Å². The van der Waals surface area contributed by atoms with Gasteiger partial charge in [0.15, 0.2) is 5.78 Å². The Morgan fingerprint density at radius 1 is 1.07 bits per heavy atom. The highest BCUT2D eigenvalue weighted by Crippen LogP contribution is 2.38. The number of sulfone groups is 1. The lowest BCUT2D eigenvalue weighted by Gasteiger charge is -2.32. The minimum Gasteiger partial charge on any atom is -0.433 e. The quantitative estimate of drug-likeness (QED) is 0.282. The first-order valence-corrected chi connectivity index (χ1v) is 14.8. The number of imidazole rings is 1. The summed E-state index contributed by atoms with van der Waals surface area (Å²) in [5.74, 6) is -3.23. The van der Waals surface area contributed by atoms with Crippen molar-refractivity contribution >= 4 is 26.7 Å². The van der Waals surface area contributed by atoms with E-state index >= 15 is 8.78 Å². The second kappa shape index (κ2) is 10.3. The van der Waals surface area contributed by atoms with E-state index in [1.54, 1.807) is 6.92 Å². The van der Waals surface area contributed by atoms with E-state index in [1.807, 2.05) is 0 Å². The van der Waals surface area contributed by atoms with Gasteiger partial charge in [0.1, 0.15) is 27.2 Å². The topological polar surface area (TPSA) is 108 Å². The molecule has 1 aliphatic heterocycles. The van der Waals surface area contributed by atoms with Crippen molar-refractivity contribution in [2.75, 3.05) is 11.5 Å². The zero-order chi connectivity index (χ0) is 30.7. The largest absolute Gasteiger partial charge is 0.433 e. The average Bonchev–Trinajstić information content (AvgIpc) is 3.10. The number of alkyl halides is 2. The molecule has 0 unspecified atom stereocenters. The molecule has 0 bridgehead atoms. The predicted molar refractivity (Wildman–Crippen MR) is 145 cm³/mol. The predicted octanol–water partition coefficient (Wildman–Crippen LogP) is 5.18. The van der Waals surface area contributed by atoms with Crippen LogP contribution in [-0.2, 0) is 9.84 Å². The second-order valence-electron chi connectivity index (χ2n) is 11.7. The van der Waals surface area contributed by atoms with Crippen LogP contribution < -0.4 is 10.4 Å². The molecule has 224 valence electrons. The SMILES string of the molecule is C[C@H](n1c(=O)n(-c2cc(OC(C)(F)F)ccc2F)c2cc(F)c(C(=O)CC3(C)CCS(=O)(=O)CC3)cc21)C(C)(C)O. The van der Waals surface area contributed by atoms with Crippen LogP contribution in [0.25, 0.3) is 16.7 Å². The molecule has 2 heterocycles. The fraction of sp³-hybridized carbons (Fsp3) is 0.500. The van der Waals surface area contributed by atoms with Crippen molar-refractivity contribution < 1.29 is 40.6 Å². The maximum Gasteiger partial charge on any atom is 0.394 e. The number of benzene rings is 2. The van der Waals surface area contributed by atoms with E-state index in [4.69, 9.17) is 0 Å². The average molecular weight is 601 g/mol. The number of rotatable bonds is 8. The van der Waals surface area contributed by atoms with Gasteiger partial charge in [0, 0.05) is 25.5 Å². The highest BCUT2D eigenvalue weighted by atomic mass is 32.2. The van der Waals surface area contributed by atoms with E-state index in [1.165, 1.54) is 20.8 Å². The summed E-state index contributed by atoms with van der Waals surface area (Å²) in [5, 5.41) is 10.7. The third kappa shape index (κ3) is 6.35. The van der Waals surface area contributed by atoms with Gasteiger partial charge in [-0.1, -0.05) is 6.92 Å². The number of fused-ring (bicyclic) bond motifs is 1. The van der Waals surface area contributed by atoms with Gasteiger partial charge in [-0.3, -0.25) is 13.9 Å². The molecule has 0 spiro atoms. The van der Waals surface area contributed by atoms with E-state index in [9.17, 15) is 31.9 Å². The van der Waals surface area contributed by atoms with E-state index in [0.717, 1.165) is 39.5 Å². The Labute approximate surface area is 234 Å². The van der Waals surface area contributed by atoms with Crippen molar-refractivity contribution in [1.82, 2.24) is 9.13 Å². The molecular formula is C28H32F4N2O6S. The second-order valence-corrected chi connectivity index (χ2v) is 14.0. The molecule has 1 aliphatic rings. The molecule has 1 N–H and O–H groups in total. The summed E-state index contributed by atoms with van der Waals surface area (Å²) >= 11 is 0. The maximum absolute atomic E-state index is 15.5. The molecule has 2 aromatic carbocycles. The molecular weight excluding hydrogens is 568 g/mol. The normalized spacial score (nSPS) is 17.9. The lowest BCUT2D eigenvalue weighted by atomic mass is 9.78. The monoisotopic (exact) mass is 600 g/mol. The zero-order valence-electron chi connectivity index (χ0n) is 23.3. The van der Waals surface area contributed by atoms with E-state index < -0.39 is 67.5 Å². The third-order valence-electron chi connectivity index (χ3n) is 7.75. The van der Waals surface area contributed by atoms with Crippen LogP contribution in [0.2, 0.25) is 0 Å². The van der Waals surface area contributed by atoms with Gasteiger partial charge in [-0.2, -0.15) is 8.78 Å². The summed E-state index contributed by atoms with van der Waals surface area (Å²) in [5.41, 5.74) is -4.13. The Morgan fingerprint density at radius 3 is 2.24 bits per heavy atom. The Morgan fingerprint density at radius 2 is 1.68 bits per heavy atom. The van der Waals surface area contributed by atoms with E-state index in [-0.39, 0.29) is 47.4 Å². The molecule has 13 heteroatoms.